The van der Waals surface area contributed by atoms with E-state index in [4.69, 9.17) is 4.74 Å². The first kappa shape index (κ1) is 16.5. The molecular formula is C9H20O7Si. The largest absolute Gasteiger partial charge is 0.495 e. The van der Waals surface area contributed by atoms with Crippen molar-refractivity contribution < 1.29 is 33.4 Å². The third kappa shape index (κ3) is 10.4. The maximum absolute atomic E-state index is 10.4. The van der Waals surface area contributed by atoms with E-state index >= 15 is 0 Å². The second kappa shape index (κ2) is 8.56. The summed E-state index contributed by atoms with van der Waals surface area (Å²) in [5.41, 5.74) is 0. The van der Waals surface area contributed by atoms with Crippen molar-refractivity contribution in [2.75, 3.05) is 26.9 Å². The summed E-state index contributed by atoms with van der Waals surface area (Å²) in [5.74, 6) is -0.458. The van der Waals surface area contributed by atoms with Crippen LogP contribution in [-0.2, 0) is 18.7 Å². The van der Waals surface area contributed by atoms with Crippen LogP contribution in [0, 0.1) is 0 Å². The van der Waals surface area contributed by atoms with Crippen LogP contribution in [0.3, 0.4) is 0 Å². The van der Waals surface area contributed by atoms with Gasteiger partial charge < -0.3 is 28.6 Å². The molecule has 0 aromatic heterocycles. The number of carbonyl (C=O) groups is 1. The molecule has 1 atom stereocenters. The number of carbonyl (C=O) groups excluding carboxylic acids is 1. The van der Waals surface area contributed by atoms with Gasteiger partial charge in [0.25, 0.3) is 0 Å². The highest BCUT2D eigenvalue weighted by Crippen LogP contribution is 2.05. The fraction of sp³-hybridized carbons (Fsp3) is 0.889. The van der Waals surface area contributed by atoms with Gasteiger partial charge in [0.05, 0.1) is 6.61 Å². The van der Waals surface area contributed by atoms with E-state index in [9.17, 15) is 19.5 Å². The molecule has 3 N–H and O–H groups in total. The van der Waals surface area contributed by atoms with Gasteiger partial charge in [-0.15, -0.1) is 0 Å². The zero-order valence-corrected chi connectivity index (χ0v) is 11.1. The van der Waals surface area contributed by atoms with Gasteiger partial charge in [0.1, 0.15) is 12.7 Å². The minimum Gasteiger partial charge on any atom is -0.463 e. The maximum atomic E-state index is 10.4. The van der Waals surface area contributed by atoms with Crippen LogP contribution in [0.5, 0.6) is 0 Å². The fourth-order valence-corrected chi connectivity index (χ4v) is 1.80. The number of hydrogen-bond donors (Lipinski definition) is 3. The number of aliphatic hydroxyl groups excluding tert-OH is 1. The number of esters is 1. The number of ether oxygens (including phenoxy) is 2. The van der Waals surface area contributed by atoms with Crippen LogP contribution in [-0.4, -0.2) is 62.5 Å². The van der Waals surface area contributed by atoms with E-state index in [1.807, 2.05) is 0 Å². The van der Waals surface area contributed by atoms with Crippen LogP contribution in [0.2, 0.25) is 6.04 Å². The SMILES string of the molecule is CO[Si](O)(O)CCCOCC(O)COC(C)=O. The van der Waals surface area contributed by atoms with E-state index < -0.39 is 20.9 Å². The van der Waals surface area contributed by atoms with Crippen LogP contribution in [0.1, 0.15) is 13.3 Å². The molecule has 0 amide bonds. The lowest BCUT2D eigenvalue weighted by molar-refractivity contribution is -0.145. The molecule has 0 radical (unpaired) electrons. The fourth-order valence-electron chi connectivity index (χ4n) is 0.988. The lowest BCUT2D eigenvalue weighted by Crippen LogP contribution is -2.37. The van der Waals surface area contributed by atoms with Crippen LogP contribution in [0.15, 0.2) is 0 Å². The summed E-state index contributed by atoms with van der Waals surface area (Å²) in [6.07, 6.45) is -0.445. The Bertz CT molecular complexity index is 221. The van der Waals surface area contributed by atoms with Gasteiger partial charge in [-0.1, -0.05) is 0 Å². The predicted molar refractivity (Wildman–Crippen MR) is 60.1 cm³/mol. The average Bonchev–Trinajstić information content (AvgIpc) is 2.25. The van der Waals surface area contributed by atoms with E-state index in [0.29, 0.717) is 6.42 Å². The highest BCUT2D eigenvalue weighted by Gasteiger charge is 2.29. The number of hydrogen-bond acceptors (Lipinski definition) is 7. The van der Waals surface area contributed by atoms with Crippen molar-refractivity contribution in [3.63, 3.8) is 0 Å². The summed E-state index contributed by atoms with van der Waals surface area (Å²) in [5, 5.41) is 9.29. The molecule has 0 aromatic carbocycles. The maximum Gasteiger partial charge on any atom is 0.495 e. The lowest BCUT2D eigenvalue weighted by atomic mass is 10.4. The van der Waals surface area contributed by atoms with E-state index in [0.717, 1.165) is 0 Å². The molecule has 0 aliphatic rings. The second-order valence-electron chi connectivity index (χ2n) is 3.58. The second-order valence-corrected chi connectivity index (χ2v) is 5.98. The van der Waals surface area contributed by atoms with Gasteiger partial charge in [-0.05, 0) is 6.42 Å². The summed E-state index contributed by atoms with van der Waals surface area (Å²) in [6, 6.07) is 0.142. The predicted octanol–water partition coefficient (Wildman–Crippen LogP) is -1.11. The molecule has 17 heavy (non-hydrogen) atoms. The smallest absolute Gasteiger partial charge is 0.463 e. The Balaban J connectivity index is 3.42. The van der Waals surface area contributed by atoms with Gasteiger partial charge in [0, 0.05) is 26.7 Å². The van der Waals surface area contributed by atoms with Crippen LogP contribution < -0.4 is 0 Å². The number of aliphatic hydroxyl groups is 1. The van der Waals surface area contributed by atoms with Crippen LogP contribution in [0.4, 0.5) is 0 Å². The van der Waals surface area contributed by atoms with E-state index in [2.05, 4.69) is 9.16 Å². The van der Waals surface area contributed by atoms with Gasteiger partial charge in [-0.25, -0.2) is 0 Å². The monoisotopic (exact) mass is 268 g/mol. The van der Waals surface area contributed by atoms with Crippen molar-refractivity contribution in [3.05, 3.63) is 0 Å². The zero-order chi connectivity index (χ0) is 13.3. The summed E-state index contributed by atoms with van der Waals surface area (Å²) < 4.78 is 14.2. The molecule has 0 fully saturated rings. The number of rotatable bonds is 9. The minimum atomic E-state index is -3.50. The van der Waals surface area contributed by atoms with E-state index in [-0.39, 0.29) is 25.9 Å². The lowest BCUT2D eigenvalue weighted by Gasteiger charge is -2.15. The topological polar surface area (TPSA) is 105 Å². The molecule has 0 saturated heterocycles. The molecule has 0 heterocycles. The van der Waals surface area contributed by atoms with Crippen LogP contribution >= 0.6 is 0 Å². The molecule has 0 aliphatic heterocycles. The Hall–Kier alpha value is -0.513. The van der Waals surface area contributed by atoms with Crippen molar-refractivity contribution in [1.29, 1.82) is 0 Å². The third-order valence-electron chi connectivity index (χ3n) is 1.91. The van der Waals surface area contributed by atoms with E-state index in [1.165, 1.54) is 14.0 Å². The highest BCUT2D eigenvalue weighted by atomic mass is 28.4. The minimum absolute atomic E-state index is 0.0334. The first-order chi connectivity index (χ1) is 7.87. The van der Waals surface area contributed by atoms with Gasteiger partial charge in [-0.3, -0.25) is 4.79 Å². The molecule has 7 nitrogen and oxygen atoms in total. The van der Waals surface area contributed by atoms with Crippen molar-refractivity contribution in [3.8, 4) is 0 Å². The van der Waals surface area contributed by atoms with Gasteiger partial charge in [0.15, 0.2) is 0 Å². The molecule has 1 unspecified atom stereocenters. The summed E-state index contributed by atoms with van der Waals surface area (Å²) in [4.78, 5) is 28.8. The molecule has 0 saturated carbocycles. The Morgan fingerprint density at radius 2 is 2.00 bits per heavy atom. The van der Waals surface area contributed by atoms with Crippen molar-refractivity contribution >= 4 is 14.8 Å². The van der Waals surface area contributed by atoms with Crippen LogP contribution in [0.25, 0.3) is 0 Å². The highest BCUT2D eigenvalue weighted by molar-refractivity contribution is 6.57. The molecule has 0 spiro atoms. The molecule has 102 valence electrons. The molecular weight excluding hydrogens is 248 g/mol. The normalized spacial score (nSPS) is 13.5. The third-order valence-corrected chi connectivity index (χ3v) is 3.57. The van der Waals surface area contributed by atoms with Gasteiger partial charge in [0.2, 0.25) is 0 Å². The Morgan fingerprint density at radius 1 is 1.35 bits per heavy atom. The van der Waals surface area contributed by atoms with Crippen molar-refractivity contribution in [1.82, 2.24) is 0 Å². The van der Waals surface area contributed by atoms with Crippen molar-refractivity contribution in [2.45, 2.75) is 25.5 Å². The Kier molecular flexibility index (Phi) is 8.30. The summed E-state index contributed by atoms with van der Waals surface area (Å²) in [6.45, 7) is 1.46. The van der Waals surface area contributed by atoms with Gasteiger partial charge >= 0.3 is 14.8 Å². The molecule has 0 bridgehead atoms. The zero-order valence-electron chi connectivity index (χ0n) is 10.1. The Labute approximate surface area is 101 Å². The van der Waals surface area contributed by atoms with Crippen molar-refractivity contribution in [2.24, 2.45) is 0 Å². The molecule has 8 heteroatoms. The first-order valence-corrected chi connectivity index (χ1v) is 7.27. The van der Waals surface area contributed by atoms with Gasteiger partial charge in [-0.2, -0.15) is 0 Å². The standard InChI is InChI=1S/C9H20O7Si/c1-8(10)16-7-9(11)6-15-4-3-5-17(12,13)14-2/h9,11-13H,3-7H2,1-2H3. The molecule has 0 aromatic rings. The van der Waals surface area contributed by atoms with E-state index in [1.54, 1.807) is 0 Å². The summed E-state index contributed by atoms with van der Waals surface area (Å²) >= 11 is 0. The summed E-state index contributed by atoms with van der Waals surface area (Å²) in [7, 11) is -2.25. The first-order valence-electron chi connectivity index (χ1n) is 5.26. The molecule has 0 rings (SSSR count). The Morgan fingerprint density at radius 3 is 2.53 bits per heavy atom. The molecule has 0 aliphatic carbocycles. The quantitative estimate of drug-likeness (QED) is 0.276. The average molecular weight is 268 g/mol.